The van der Waals surface area contributed by atoms with E-state index in [0.29, 0.717) is 5.82 Å². The molecule has 0 aliphatic carbocycles. The highest BCUT2D eigenvalue weighted by Crippen LogP contribution is 2.12. The van der Waals surface area contributed by atoms with E-state index in [4.69, 9.17) is 0 Å². The van der Waals surface area contributed by atoms with E-state index in [1.807, 2.05) is 0 Å². The van der Waals surface area contributed by atoms with E-state index in [0.717, 1.165) is 6.20 Å². The van der Waals surface area contributed by atoms with Crippen LogP contribution in [0.2, 0.25) is 0 Å². The molecule has 1 atom stereocenters. The van der Waals surface area contributed by atoms with Crippen molar-refractivity contribution in [3.05, 3.63) is 22.1 Å². The topological polar surface area (TPSA) is 101 Å². The van der Waals surface area contributed by atoms with Crippen LogP contribution in [0.1, 0.15) is 5.82 Å². The molecule has 1 rings (SSSR count). The first-order valence-electron chi connectivity index (χ1n) is 3.74. The molecule has 0 radical (unpaired) electrons. The molecule has 0 aliphatic heterocycles. The van der Waals surface area contributed by atoms with Crippen LogP contribution in [0.4, 0.5) is 5.82 Å². The van der Waals surface area contributed by atoms with Gasteiger partial charge in [0.15, 0.2) is 5.82 Å². The average Bonchev–Trinajstić information content (AvgIpc) is 2.43. The average molecular weight is 218 g/mol. The zero-order valence-electron chi connectivity index (χ0n) is 7.37. The fourth-order valence-electron chi connectivity index (χ4n) is 1.04. The fourth-order valence-corrected chi connectivity index (χ4v) is 1.38. The Hall–Kier alpha value is -1.28. The summed E-state index contributed by atoms with van der Waals surface area (Å²) < 4.78 is 21.8. The first-order valence-corrected chi connectivity index (χ1v) is 4.99. The number of nitro groups is 1. The van der Waals surface area contributed by atoms with Gasteiger partial charge in [0.2, 0.25) is 0 Å². The summed E-state index contributed by atoms with van der Waals surface area (Å²) in [7, 11) is 0. The molecule has 0 bridgehead atoms. The van der Waals surface area contributed by atoms with Gasteiger partial charge in [-0.1, -0.05) is 11.1 Å². The summed E-state index contributed by atoms with van der Waals surface area (Å²) in [6.07, 6.45) is 1.11. The number of hydrogen-bond donors (Lipinski definition) is 0. The minimum Gasteiger partial charge on any atom is -0.772 e. The van der Waals surface area contributed by atoms with Crippen molar-refractivity contribution in [2.45, 2.75) is 13.5 Å². The molecule has 0 fully saturated rings. The fraction of sp³-hybridized carbons (Fsp3) is 0.500. The molecule has 0 saturated carbocycles. The van der Waals surface area contributed by atoms with Crippen LogP contribution < -0.4 is 0 Å². The minimum atomic E-state index is -2.20. The lowest BCUT2D eigenvalue weighted by molar-refractivity contribution is -0.392. The van der Waals surface area contributed by atoms with Crippen LogP contribution in [-0.2, 0) is 17.6 Å². The molecule has 0 amide bonds. The highest BCUT2D eigenvalue weighted by molar-refractivity contribution is 7.79. The molecule has 0 saturated heterocycles. The van der Waals surface area contributed by atoms with Crippen LogP contribution in [0.3, 0.4) is 0 Å². The van der Waals surface area contributed by atoms with Crippen molar-refractivity contribution in [1.82, 2.24) is 9.55 Å². The largest absolute Gasteiger partial charge is 0.772 e. The number of aryl methyl sites for hydroxylation is 1. The SMILES string of the molecule is Cc1ncc([N+](=O)[O-])n1CCS(=O)[O-]. The van der Waals surface area contributed by atoms with Gasteiger partial charge in [-0.05, 0) is 4.92 Å². The predicted molar refractivity (Wildman–Crippen MR) is 47.4 cm³/mol. The highest BCUT2D eigenvalue weighted by Gasteiger charge is 2.16. The van der Waals surface area contributed by atoms with Crippen molar-refractivity contribution in [1.29, 1.82) is 0 Å². The van der Waals surface area contributed by atoms with Crippen LogP contribution in [0.15, 0.2) is 6.20 Å². The van der Waals surface area contributed by atoms with Crippen LogP contribution in [0.25, 0.3) is 0 Å². The molecule has 1 aromatic heterocycles. The summed E-state index contributed by atoms with van der Waals surface area (Å²) >= 11 is -2.20. The van der Waals surface area contributed by atoms with Gasteiger partial charge >= 0.3 is 5.82 Å². The number of nitrogens with zero attached hydrogens (tertiary/aromatic N) is 3. The third kappa shape index (κ3) is 2.36. The van der Waals surface area contributed by atoms with E-state index in [-0.39, 0.29) is 18.1 Å². The smallest absolute Gasteiger partial charge is 0.342 e. The second-order valence-electron chi connectivity index (χ2n) is 2.58. The molecular weight excluding hydrogens is 210 g/mol. The zero-order valence-corrected chi connectivity index (χ0v) is 8.19. The van der Waals surface area contributed by atoms with Crippen molar-refractivity contribution in [3.63, 3.8) is 0 Å². The Balaban J connectivity index is 2.88. The Morgan fingerprint density at radius 3 is 2.86 bits per heavy atom. The second-order valence-corrected chi connectivity index (χ2v) is 3.60. The van der Waals surface area contributed by atoms with Gasteiger partial charge in [-0.2, -0.15) is 0 Å². The van der Waals surface area contributed by atoms with Gasteiger partial charge < -0.3 is 14.7 Å². The molecule has 1 unspecified atom stereocenters. The van der Waals surface area contributed by atoms with Crippen LogP contribution in [0.5, 0.6) is 0 Å². The number of rotatable bonds is 4. The number of imidazole rings is 1. The molecule has 1 aromatic rings. The summed E-state index contributed by atoms with van der Waals surface area (Å²) in [6, 6.07) is 0. The lowest BCUT2D eigenvalue weighted by atomic mass is 10.6. The third-order valence-corrected chi connectivity index (χ3v) is 2.22. The third-order valence-electron chi connectivity index (χ3n) is 1.70. The van der Waals surface area contributed by atoms with Crippen LogP contribution >= 0.6 is 0 Å². The van der Waals surface area contributed by atoms with E-state index >= 15 is 0 Å². The van der Waals surface area contributed by atoms with Crippen molar-refractivity contribution in [2.75, 3.05) is 5.75 Å². The molecule has 0 spiro atoms. The monoisotopic (exact) mass is 218 g/mol. The summed E-state index contributed by atoms with van der Waals surface area (Å²) in [6.45, 7) is 1.64. The van der Waals surface area contributed by atoms with E-state index in [1.54, 1.807) is 6.92 Å². The summed E-state index contributed by atoms with van der Waals surface area (Å²) in [5, 5.41) is 10.5. The van der Waals surface area contributed by atoms with E-state index in [9.17, 15) is 18.9 Å². The van der Waals surface area contributed by atoms with Gasteiger partial charge in [0.05, 0.1) is 0 Å². The van der Waals surface area contributed by atoms with E-state index in [1.165, 1.54) is 4.57 Å². The lowest BCUT2D eigenvalue weighted by Crippen LogP contribution is -2.10. The Morgan fingerprint density at radius 2 is 2.36 bits per heavy atom. The molecule has 8 heteroatoms. The predicted octanol–water partition coefficient (Wildman–Crippen LogP) is -0.0212. The van der Waals surface area contributed by atoms with E-state index < -0.39 is 16.0 Å². The molecule has 78 valence electrons. The standard InChI is InChI=1S/C6H9N3O4S/c1-5-7-4-6(9(10)11)8(5)2-3-14(12)13/h4H,2-3H2,1H3,(H,12,13)/p-1. The normalized spacial score (nSPS) is 12.7. The Morgan fingerprint density at radius 1 is 1.71 bits per heavy atom. The molecule has 0 N–H and O–H groups in total. The van der Waals surface area contributed by atoms with Crippen molar-refractivity contribution >= 4 is 16.9 Å². The molecule has 0 aliphatic rings. The molecule has 1 heterocycles. The summed E-state index contributed by atoms with van der Waals surface area (Å²) in [4.78, 5) is 13.6. The van der Waals surface area contributed by atoms with E-state index in [2.05, 4.69) is 4.98 Å². The minimum absolute atomic E-state index is 0.0538. The maximum Gasteiger partial charge on any atom is 0.342 e. The highest BCUT2D eigenvalue weighted by atomic mass is 32.2. The molecular formula is C6H8N3O4S-. The van der Waals surface area contributed by atoms with Gasteiger partial charge in [-0.25, -0.2) is 9.55 Å². The summed E-state index contributed by atoms with van der Waals surface area (Å²) in [5.41, 5.74) is 0. The lowest BCUT2D eigenvalue weighted by Gasteiger charge is -2.04. The first kappa shape index (κ1) is 10.8. The van der Waals surface area contributed by atoms with Gasteiger partial charge in [0, 0.05) is 12.7 Å². The number of aromatic nitrogens is 2. The van der Waals surface area contributed by atoms with Gasteiger partial charge in [-0.3, -0.25) is 4.21 Å². The second kappa shape index (κ2) is 4.29. The Bertz CT molecular complexity index is 375. The maximum atomic E-state index is 10.5. The zero-order chi connectivity index (χ0) is 10.7. The first-order chi connectivity index (χ1) is 6.52. The van der Waals surface area contributed by atoms with Crippen LogP contribution in [-0.4, -0.2) is 29.0 Å². The van der Waals surface area contributed by atoms with Crippen LogP contribution in [0, 0.1) is 17.0 Å². The van der Waals surface area contributed by atoms with Crippen molar-refractivity contribution in [2.24, 2.45) is 0 Å². The quantitative estimate of drug-likeness (QED) is 0.401. The summed E-state index contributed by atoms with van der Waals surface area (Å²) in [5.74, 6) is 0.0907. The maximum absolute atomic E-state index is 10.5. The molecule has 14 heavy (non-hydrogen) atoms. The Labute approximate surface area is 82.2 Å². The number of hydrogen-bond acceptors (Lipinski definition) is 5. The van der Waals surface area contributed by atoms with Crippen molar-refractivity contribution < 1.29 is 13.7 Å². The Kier molecular flexibility index (Phi) is 3.31. The van der Waals surface area contributed by atoms with Gasteiger partial charge in [-0.15, -0.1) is 0 Å². The molecule has 0 aromatic carbocycles. The molecule has 7 nitrogen and oxygen atoms in total. The van der Waals surface area contributed by atoms with Gasteiger partial charge in [0.1, 0.15) is 12.7 Å². The van der Waals surface area contributed by atoms with Crippen molar-refractivity contribution in [3.8, 4) is 0 Å². The van der Waals surface area contributed by atoms with Gasteiger partial charge in [0.25, 0.3) is 0 Å².